The van der Waals surface area contributed by atoms with Gasteiger partial charge in [-0.05, 0) is 43.3 Å². The van der Waals surface area contributed by atoms with Gasteiger partial charge in [-0.25, -0.2) is 4.68 Å². The van der Waals surface area contributed by atoms with Crippen molar-refractivity contribution >= 4 is 26.7 Å². The van der Waals surface area contributed by atoms with Gasteiger partial charge >= 0.3 is 0 Å². The van der Waals surface area contributed by atoms with Crippen LogP contribution in [-0.4, -0.2) is 21.5 Å². The zero-order chi connectivity index (χ0) is 14.7. The summed E-state index contributed by atoms with van der Waals surface area (Å²) in [7, 11) is 0. The number of aryl methyl sites for hydroxylation is 1. The first-order valence-corrected chi connectivity index (χ1v) is 7.88. The average Bonchev–Trinajstić information content (AvgIpc) is 2.97. The van der Waals surface area contributed by atoms with Crippen LogP contribution >= 0.6 is 15.9 Å². The van der Waals surface area contributed by atoms with E-state index in [1.54, 1.807) is 0 Å². The van der Waals surface area contributed by atoms with E-state index in [0.29, 0.717) is 0 Å². The van der Waals surface area contributed by atoms with Crippen molar-refractivity contribution in [1.29, 1.82) is 0 Å². The number of halogens is 1. The molecule has 4 nitrogen and oxygen atoms in total. The minimum Gasteiger partial charge on any atom is -0.330 e. The molecule has 0 aliphatic heterocycles. The van der Waals surface area contributed by atoms with Crippen molar-refractivity contribution in [1.82, 2.24) is 15.0 Å². The van der Waals surface area contributed by atoms with E-state index in [4.69, 9.17) is 5.73 Å². The molecule has 0 amide bonds. The van der Waals surface area contributed by atoms with Crippen LogP contribution in [0.2, 0.25) is 0 Å². The third-order valence-electron chi connectivity index (χ3n) is 3.52. The van der Waals surface area contributed by atoms with Gasteiger partial charge in [-0.15, -0.1) is 5.10 Å². The van der Waals surface area contributed by atoms with E-state index in [2.05, 4.69) is 44.4 Å². The Morgan fingerprint density at radius 3 is 2.67 bits per heavy atom. The number of rotatable bonds is 5. The molecule has 0 fully saturated rings. The van der Waals surface area contributed by atoms with Crippen molar-refractivity contribution in [3.8, 4) is 5.69 Å². The molecular weight excluding hydrogens is 328 g/mol. The molecule has 2 aromatic carbocycles. The van der Waals surface area contributed by atoms with E-state index in [9.17, 15) is 0 Å². The summed E-state index contributed by atoms with van der Waals surface area (Å²) in [6.45, 7) is 0.728. The highest BCUT2D eigenvalue weighted by atomic mass is 79.9. The molecule has 0 spiro atoms. The summed E-state index contributed by atoms with van der Waals surface area (Å²) in [6.07, 6.45) is 5.00. The van der Waals surface area contributed by atoms with Gasteiger partial charge in [-0.3, -0.25) is 0 Å². The largest absolute Gasteiger partial charge is 0.330 e. The molecule has 5 heteroatoms. The molecule has 0 aliphatic carbocycles. The maximum atomic E-state index is 5.52. The van der Waals surface area contributed by atoms with Crippen molar-refractivity contribution in [2.45, 2.75) is 19.3 Å². The predicted molar refractivity (Wildman–Crippen MR) is 88.6 cm³/mol. The molecule has 0 aliphatic rings. The SMILES string of the molecule is NCCCCc1cn(-c2ccc(Br)c3ccccc23)nn1. The first kappa shape index (κ1) is 14.2. The number of nitrogens with zero attached hydrogens (tertiary/aromatic N) is 3. The number of aromatic nitrogens is 3. The van der Waals surface area contributed by atoms with E-state index in [-0.39, 0.29) is 0 Å². The maximum absolute atomic E-state index is 5.52. The van der Waals surface area contributed by atoms with Crippen LogP contribution < -0.4 is 5.73 Å². The molecule has 1 aromatic heterocycles. The highest BCUT2D eigenvalue weighted by Gasteiger charge is 2.08. The molecule has 0 saturated carbocycles. The van der Waals surface area contributed by atoms with Crippen molar-refractivity contribution < 1.29 is 0 Å². The molecule has 0 unspecified atom stereocenters. The van der Waals surface area contributed by atoms with Gasteiger partial charge in [-0.1, -0.05) is 45.4 Å². The zero-order valence-electron chi connectivity index (χ0n) is 11.7. The van der Waals surface area contributed by atoms with E-state index < -0.39 is 0 Å². The number of nitrogens with two attached hydrogens (primary N) is 1. The Balaban J connectivity index is 1.96. The topological polar surface area (TPSA) is 56.7 Å². The maximum Gasteiger partial charge on any atom is 0.0831 e. The van der Waals surface area contributed by atoms with Crippen LogP contribution in [-0.2, 0) is 6.42 Å². The van der Waals surface area contributed by atoms with Crippen molar-refractivity contribution in [3.05, 3.63) is 52.8 Å². The number of fused-ring (bicyclic) bond motifs is 1. The van der Waals surface area contributed by atoms with Crippen LogP contribution in [0.25, 0.3) is 16.5 Å². The molecule has 0 bridgehead atoms. The lowest BCUT2D eigenvalue weighted by atomic mass is 10.1. The van der Waals surface area contributed by atoms with Crippen LogP contribution in [0.3, 0.4) is 0 Å². The monoisotopic (exact) mass is 344 g/mol. The summed E-state index contributed by atoms with van der Waals surface area (Å²) in [5, 5.41) is 10.9. The van der Waals surface area contributed by atoms with Gasteiger partial charge in [0, 0.05) is 9.86 Å². The van der Waals surface area contributed by atoms with Crippen molar-refractivity contribution in [3.63, 3.8) is 0 Å². The molecule has 0 saturated heterocycles. The molecule has 0 radical (unpaired) electrons. The lowest BCUT2D eigenvalue weighted by Gasteiger charge is -2.07. The van der Waals surface area contributed by atoms with Crippen LogP contribution in [0.5, 0.6) is 0 Å². The summed E-state index contributed by atoms with van der Waals surface area (Å²) >= 11 is 3.59. The fourth-order valence-electron chi connectivity index (χ4n) is 2.43. The molecule has 21 heavy (non-hydrogen) atoms. The number of hydrogen-bond donors (Lipinski definition) is 1. The summed E-state index contributed by atoms with van der Waals surface area (Å²) in [6, 6.07) is 12.4. The number of hydrogen-bond acceptors (Lipinski definition) is 3. The summed E-state index contributed by atoms with van der Waals surface area (Å²) in [5.74, 6) is 0. The molecule has 1 heterocycles. The highest BCUT2D eigenvalue weighted by molar-refractivity contribution is 9.10. The normalized spacial score (nSPS) is 11.1. The van der Waals surface area contributed by atoms with Crippen LogP contribution in [0, 0.1) is 0 Å². The Hall–Kier alpha value is -1.72. The van der Waals surface area contributed by atoms with Crippen LogP contribution in [0.15, 0.2) is 47.1 Å². The third kappa shape index (κ3) is 2.99. The van der Waals surface area contributed by atoms with Gasteiger partial charge in [-0.2, -0.15) is 0 Å². The minimum atomic E-state index is 0.728. The summed E-state index contributed by atoms with van der Waals surface area (Å²) in [4.78, 5) is 0. The van der Waals surface area contributed by atoms with Gasteiger partial charge in [0.1, 0.15) is 0 Å². The lowest BCUT2D eigenvalue weighted by Crippen LogP contribution is -1.99. The Labute approximate surface area is 132 Å². The first-order chi connectivity index (χ1) is 10.3. The molecular formula is C16H17BrN4. The van der Waals surface area contributed by atoms with Crippen LogP contribution in [0.4, 0.5) is 0 Å². The van der Waals surface area contributed by atoms with Crippen molar-refractivity contribution in [2.75, 3.05) is 6.54 Å². The van der Waals surface area contributed by atoms with Crippen molar-refractivity contribution in [2.24, 2.45) is 5.73 Å². The fraction of sp³-hybridized carbons (Fsp3) is 0.250. The van der Waals surface area contributed by atoms with E-state index >= 15 is 0 Å². The standard InChI is InChI=1S/C16H17BrN4/c17-15-8-9-16(14-7-2-1-6-13(14)15)21-11-12(19-20-21)5-3-4-10-18/h1-2,6-9,11H,3-5,10,18H2. The van der Waals surface area contributed by atoms with Gasteiger partial charge in [0.25, 0.3) is 0 Å². The van der Waals surface area contributed by atoms with Gasteiger partial charge in [0.2, 0.25) is 0 Å². The zero-order valence-corrected chi connectivity index (χ0v) is 13.3. The predicted octanol–water partition coefficient (Wildman–Crippen LogP) is 3.46. The lowest BCUT2D eigenvalue weighted by molar-refractivity contribution is 0.727. The second kappa shape index (κ2) is 6.37. The summed E-state index contributed by atoms with van der Waals surface area (Å²) < 4.78 is 2.94. The fourth-order valence-corrected chi connectivity index (χ4v) is 2.91. The van der Waals surface area contributed by atoms with Gasteiger partial charge in [0.15, 0.2) is 0 Å². The number of benzene rings is 2. The Morgan fingerprint density at radius 1 is 1.05 bits per heavy atom. The van der Waals surface area contributed by atoms with Crippen LogP contribution in [0.1, 0.15) is 18.5 Å². The average molecular weight is 345 g/mol. The number of unbranched alkanes of at least 4 members (excludes halogenated alkanes) is 1. The Bertz CT molecular complexity index is 751. The molecule has 2 N–H and O–H groups in total. The highest BCUT2D eigenvalue weighted by Crippen LogP contribution is 2.28. The molecule has 3 rings (SSSR count). The Kier molecular flexibility index (Phi) is 4.31. The minimum absolute atomic E-state index is 0.728. The Morgan fingerprint density at radius 2 is 1.86 bits per heavy atom. The summed E-state index contributed by atoms with van der Waals surface area (Å²) in [5.41, 5.74) is 7.58. The second-order valence-corrected chi connectivity index (χ2v) is 5.87. The molecule has 3 aromatic rings. The molecule has 0 atom stereocenters. The van der Waals surface area contributed by atoms with E-state index in [1.165, 1.54) is 5.39 Å². The second-order valence-electron chi connectivity index (χ2n) is 5.01. The van der Waals surface area contributed by atoms with E-state index in [1.807, 2.05) is 29.1 Å². The first-order valence-electron chi connectivity index (χ1n) is 7.08. The van der Waals surface area contributed by atoms with Gasteiger partial charge in [0.05, 0.1) is 17.6 Å². The quantitative estimate of drug-likeness (QED) is 0.721. The van der Waals surface area contributed by atoms with E-state index in [0.717, 1.165) is 47.0 Å². The molecule has 108 valence electrons. The van der Waals surface area contributed by atoms with Gasteiger partial charge < -0.3 is 5.73 Å². The smallest absolute Gasteiger partial charge is 0.0831 e. The third-order valence-corrected chi connectivity index (χ3v) is 4.21.